The van der Waals surface area contributed by atoms with Crippen molar-refractivity contribution in [2.24, 2.45) is 16.8 Å². The van der Waals surface area contributed by atoms with Gasteiger partial charge in [-0.25, -0.2) is 5.01 Å². The molecule has 2 aromatic carbocycles. The fraction of sp³-hybridized carbons (Fsp3) is 0.238. The fourth-order valence-electron chi connectivity index (χ4n) is 4.10. The summed E-state index contributed by atoms with van der Waals surface area (Å²) in [4.78, 5) is 0. The molecule has 0 radical (unpaired) electrons. The van der Waals surface area contributed by atoms with Crippen molar-refractivity contribution in [3.63, 3.8) is 0 Å². The molecule has 140 valence electrons. The molecule has 3 aliphatic rings. The summed E-state index contributed by atoms with van der Waals surface area (Å²) in [6, 6.07) is 17.8. The maximum absolute atomic E-state index is 9.80. The van der Waals surface area contributed by atoms with Crippen molar-refractivity contribution < 1.29 is 14.2 Å². The second kappa shape index (κ2) is 6.20. The Bertz CT molecular complexity index is 1040. The van der Waals surface area contributed by atoms with Crippen molar-refractivity contribution >= 4 is 11.4 Å². The first kappa shape index (κ1) is 16.5. The number of allylic oxidation sites excluding steroid dienone is 1. The summed E-state index contributed by atoms with van der Waals surface area (Å²) in [7, 11) is 0. The molecule has 0 amide bonds. The number of nitrogens with zero attached hydrogens (tertiary/aromatic N) is 3. The average molecular weight is 374 g/mol. The highest BCUT2D eigenvalue weighted by molar-refractivity contribution is 5.90. The van der Waals surface area contributed by atoms with Gasteiger partial charge in [-0.1, -0.05) is 24.3 Å². The zero-order chi connectivity index (χ0) is 19.3. The van der Waals surface area contributed by atoms with E-state index < -0.39 is 6.23 Å². The molecule has 28 heavy (non-hydrogen) atoms. The summed E-state index contributed by atoms with van der Waals surface area (Å²) in [5, 5.41) is 16.4. The van der Waals surface area contributed by atoms with E-state index >= 15 is 0 Å². The molecule has 0 saturated heterocycles. The third-order valence-corrected chi connectivity index (χ3v) is 5.38. The van der Waals surface area contributed by atoms with Crippen LogP contribution in [0.15, 0.2) is 65.1 Å². The third-order valence-electron chi connectivity index (χ3n) is 5.38. The van der Waals surface area contributed by atoms with Gasteiger partial charge in [0.25, 0.3) is 0 Å². The zero-order valence-electron chi connectivity index (χ0n) is 15.2. The average Bonchev–Trinajstić information content (AvgIpc) is 3.31. The molecule has 3 aliphatic heterocycles. The minimum atomic E-state index is -0.421. The number of benzene rings is 2. The van der Waals surface area contributed by atoms with Gasteiger partial charge in [-0.05, 0) is 36.8 Å². The highest BCUT2D eigenvalue weighted by Gasteiger charge is 2.49. The van der Waals surface area contributed by atoms with Gasteiger partial charge in [0.2, 0.25) is 18.9 Å². The van der Waals surface area contributed by atoms with E-state index in [4.69, 9.17) is 25.0 Å². The summed E-state index contributed by atoms with van der Waals surface area (Å²) >= 11 is 0. The molecule has 0 spiro atoms. The van der Waals surface area contributed by atoms with Crippen molar-refractivity contribution in [3.05, 3.63) is 65.6 Å². The quantitative estimate of drug-likeness (QED) is 0.868. The smallest absolute Gasteiger partial charge is 0.231 e. The number of nitriles is 1. The Morgan fingerprint density at radius 3 is 2.71 bits per heavy atom. The molecule has 0 aliphatic carbocycles. The van der Waals surface area contributed by atoms with E-state index in [9.17, 15) is 5.26 Å². The predicted octanol–water partition coefficient (Wildman–Crippen LogP) is 3.06. The van der Waals surface area contributed by atoms with E-state index in [1.165, 1.54) is 0 Å². The number of hydrazone groups is 1. The zero-order valence-corrected chi connectivity index (χ0v) is 15.2. The van der Waals surface area contributed by atoms with Gasteiger partial charge in [-0.3, -0.25) is 0 Å². The molecule has 2 N–H and O–H groups in total. The molecule has 3 heterocycles. The van der Waals surface area contributed by atoms with Crippen molar-refractivity contribution in [1.82, 2.24) is 0 Å². The molecule has 0 aromatic heterocycles. The number of hydrogen-bond donors (Lipinski definition) is 1. The van der Waals surface area contributed by atoms with Crippen LogP contribution in [0, 0.1) is 17.2 Å². The first-order chi connectivity index (χ1) is 13.7. The Hall–Kier alpha value is -3.66. The van der Waals surface area contributed by atoms with Crippen LogP contribution in [0.1, 0.15) is 18.4 Å². The van der Waals surface area contributed by atoms with Gasteiger partial charge in [-0.15, -0.1) is 0 Å². The molecule has 7 nitrogen and oxygen atoms in total. The van der Waals surface area contributed by atoms with Crippen LogP contribution in [-0.2, 0) is 4.74 Å². The highest BCUT2D eigenvalue weighted by atomic mass is 16.7. The predicted molar refractivity (Wildman–Crippen MR) is 103 cm³/mol. The lowest BCUT2D eigenvalue weighted by Gasteiger charge is -2.37. The first-order valence-electron chi connectivity index (χ1n) is 9.02. The summed E-state index contributed by atoms with van der Waals surface area (Å²) in [5.74, 6) is 1.07. The minimum absolute atomic E-state index is 0.136. The standard InChI is InChI=1S/C21H18N4O3/c1-12-18-19(13-7-8-16-17(9-13)27-11-26-16)15(10-22)20(23)28-21(18)25(24-12)14-5-3-2-4-6-14/h2-9,18-19,21H,11,23H2,1H3/t18-,19-,21+/m1/s1. The maximum Gasteiger partial charge on any atom is 0.231 e. The van der Waals surface area contributed by atoms with Crippen LogP contribution < -0.4 is 20.2 Å². The third kappa shape index (κ3) is 2.38. The van der Waals surface area contributed by atoms with Crippen LogP contribution in [0.3, 0.4) is 0 Å². The fourth-order valence-corrected chi connectivity index (χ4v) is 4.10. The van der Waals surface area contributed by atoms with Crippen molar-refractivity contribution in [2.75, 3.05) is 11.8 Å². The molecule has 0 bridgehead atoms. The lowest BCUT2D eigenvalue weighted by atomic mass is 9.76. The molecule has 0 saturated carbocycles. The van der Waals surface area contributed by atoms with E-state index in [0.717, 1.165) is 17.0 Å². The van der Waals surface area contributed by atoms with Crippen LogP contribution in [-0.4, -0.2) is 18.7 Å². The van der Waals surface area contributed by atoms with E-state index in [0.29, 0.717) is 17.1 Å². The van der Waals surface area contributed by atoms with E-state index in [2.05, 4.69) is 6.07 Å². The second-order valence-electron chi connectivity index (χ2n) is 6.94. The Balaban J connectivity index is 1.61. The topological polar surface area (TPSA) is 93.1 Å². The second-order valence-corrected chi connectivity index (χ2v) is 6.94. The lowest BCUT2D eigenvalue weighted by molar-refractivity contribution is 0.0662. The van der Waals surface area contributed by atoms with Gasteiger partial charge < -0.3 is 19.9 Å². The number of nitrogens with two attached hydrogens (primary N) is 1. The van der Waals surface area contributed by atoms with Gasteiger partial charge in [0.05, 0.1) is 17.2 Å². The van der Waals surface area contributed by atoms with Gasteiger partial charge >= 0.3 is 0 Å². The summed E-state index contributed by atoms with van der Waals surface area (Å²) in [6.07, 6.45) is -0.421. The van der Waals surface area contributed by atoms with E-state index in [1.54, 1.807) is 0 Å². The van der Waals surface area contributed by atoms with Crippen molar-refractivity contribution in [2.45, 2.75) is 19.1 Å². The van der Waals surface area contributed by atoms with Crippen molar-refractivity contribution in [1.29, 1.82) is 5.26 Å². The molecule has 7 heteroatoms. The monoisotopic (exact) mass is 374 g/mol. The van der Waals surface area contributed by atoms with E-state index in [1.807, 2.05) is 60.5 Å². The molecule has 5 rings (SSSR count). The number of anilines is 1. The number of hydrogen-bond acceptors (Lipinski definition) is 7. The SMILES string of the molecule is CC1=NN(c2ccccc2)[C@H]2OC(N)=C(C#N)[C@@H](c3ccc4c(c3)OCO4)[C@@H]12. The summed E-state index contributed by atoms with van der Waals surface area (Å²) in [5.41, 5.74) is 9.30. The number of fused-ring (bicyclic) bond motifs is 2. The van der Waals surface area contributed by atoms with Gasteiger partial charge in [-0.2, -0.15) is 10.4 Å². The molecular weight excluding hydrogens is 356 g/mol. The van der Waals surface area contributed by atoms with Crippen LogP contribution in [0.2, 0.25) is 0 Å². The molecule has 0 unspecified atom stereocenters. The Morgan fingerprint density at radius 1 is 1.14 bits per heavy atom. The Morgan fingerprint density at radius 2 is 1.93 bits per heavy atom. The normalized spacial score (nSPS) is 25.1. The summed E-state index contributed by atoms with van der Waals surface area (Å²) < 4.78 is 16.9. The maximum atomic E-state index is 9.80. The molecule has 2 aromatic rings. The summed E-state index contributed by atoms with van der Waals surface area (Å²) in [6.45, 7) is 2.16. The largest absolute Gasteiger partial charge is 0.454 e. The van der Waals surface area contributed by atoms with Crippen LogP contribution in [0.5, 0.6) is 11.5 Å². The lowest BCUT2D eigenvalue weighted by Crippen LogP contribution is -2.43. The van der Waals surface area contributed by atoms with Crippen LogP contribution in [0.25, 0.3) is 0 Å². The van der Waals surface area contributed by atoms with Gasteiger partial charge in [0.15, 0.2) is 11.5 Å². The molecular formula is C21H18N4O3. The van der Waals surface area contributed by atoms with Crippen molar-refractivity contribution in [3.8, 4) is 17.6 Å². The van der Waals surface area contributed by atoms with Crippen LogP contribution >= 0.6 is 0 Å². The minimum Gasteiger partial charge on any atom is -0.454 e. The number of rotatable bonds is 2. The molecule has 3 atom stereocenters. The van der Waals surface area contributed by atoms with Gasteiger partial charge in [0, 0.05) is 11.6 Å². The molecule has 0 fully saturated rings. The number of ether oxygens (including phenoxy) is 3. The first-order valence-corrected chi connectivity index (χ1v) is 9.02. The van der Waals surface area contributed by atoms with Crippen LogP contribution in [0.4, 0.5) is 5.69 Å². The van der Waals surface area contributed by atoms with E-state index in [-0.39, 0.29) is 24.5 Å². The van der Waals surface area contributed by atoms with Gasteiger partial charge in [0.1, 0.15) is 6.07 Å². The Labute approximate surface area is 162 Å². The highest BCUT2D eigenvalue weighted by Crippen LogP contribution is 2.47. The number of para-hydroxylation sites is 1. The Kier molecular flexibility index (Phi) is 3.66.